The third-order valence-electron chi connectivity index (χ3n) is 2.51. The van der Waals surface area contributed by atoms with Crippen molar-refractivity contribution in [2.45, 2.75) is 16.7 Å². The number of rotatable bonds is 5. The summed E-state index contributed by atoms with van der Waals surface area (Å²) in [6.07, 6.45) is 3.66. The third kappa shape index (κ3) is 3.96. The summed E-state index contributed by atoms with van der Waals surface area (Å²) < 4.78 is 0. The van der Waals surface area contributed by atoms with Gasteiger partial charge in [0.1, 0.15) is 12.2 Å². The molecule has 1 aromatic carbocycles. The number of aromatic nitrogens is 2. The van der Waals surface area contributed by atoms with Crippen LogP contribution in [0.15, 0.2) is 59.1 Å². The second kappa shape index (κ2) is 6.75. The summed E-state index contributed by atoms with van der Waals surface area (Å²) in [5, 5.41) is 12.7. The first-order valence-electron chi connectivity index (χ1n) is 5.73. The highest BCUT2D eigenvalue weighted by Crippen LogP contribution is 2.36. The van der Waals surface area contributed by atoms with Gasteiger partial charge in [-0.1, -0.05) is 47.2 Å². The van der Waals surface area contributed by atoms with E-state index in [-0.39, 0.29) is 11.1 Å². The van der Waals surface area contributed by atoms with Gasteiger partial charge in [0.2, 0.25) is 0 Å². The zero-order chi connectivity index (χ0) is 13.5. The Kier molecular flexibility index (Phi) is 4.74. The Labute approximate surface area is 115 Å². The van der Waals surface area contributed by atoms with Crippen LogP contribution in [0.3, 0.4) is 0 Å². The molecule has 19 heavy (non-hydrogen) atoms. The fourth-order valence-electron chi connectivity index (χ4n) is 1.62. The molecular weight excluding hydrogens is 260 g/mol. The maximum absolute atomic E-state index is 8.72. The van der Waals surface area contributed by atoms with Gasteiger partial charge in [0.05, 0.1) is 5.03 Å². The van der Waals surface area contributed by atoms with Crippen molar-refractivity contribution in [3.05, 3.63) is 54.5 Å². The lowest BCUT2D eigenvalue weighted by atomic mass is 10.1. The van der Waals surface area contributed by atoms with Crippen molar-refractivity contribution < 1.29 is 5.21 Å². The smallest absolute Gasteiger partial charge is 0.140 e. The molecule has 2 rings (SSSR count). The molecule has 0 aliphatic carbocycles. The van der Waals surface area contributed by atoms with Crippen LogP contribution in [0.25, 0.3) is 0 Å². The van der Waals surface area contributed by atoms with Crippen LogP contribution in [0.1, 0.15) is 17.2 Å². The fraction of sp³-hybridized carbons (Fsp3) is 0.154. The number of benzene rings is 1. The van der Waals surface area contributed by atoms with Gasteiger partial charge < -0.3 is 10.9 Å². The van der Waals surface area contributed by atoms with E-state index in [1.165, 1.54) is 6.33 Å². The van der Waals surface area contributed by atoms with Crippen LogP contribution >= 0.6 is 11.8 Å². The number of thioether (sulfide) groups is 1. The standard InChI is InChI=1S/C13H14N4OS/c14-12(17-18)8-11(10-4-2-1-3-5-10)19-13-6-7-15-9-16-13/h1-7,9,11,18H,8H2,(H2,14,17). The Morgan fingerprint density at radius 2 is 2.11 bits per heavy atom. The van der Waals surface area contributed by atoms with Crippen LogP contribution in [-0.4, -0.2) is 21.0 Å². The first-order chi connectivity index (χ1) is 9.29. The summed E-state index contributed by atoms with van der Waals surface area (Å²) in [6, 6.07) is 11.8. The minimum Gasteiger partial charge on any atom is -0.409 e. The summed E-state index contributed by atoms with van der Waals surface area (Å²) in [5.41, 5.74) is 6.73. The van der Waals surface area contributed by atoms with Crippen molar-refractivity contribution in [2.75, 3.05) is 0 Å². The summed E-state index contributed by atoms with van der Waals surface area (Å²) in [5.74, 6) is 0.204. The molecule has 1 heterocycles. The van der Waals surface area contributed by atoms with Crippen LogP contribution < -0.4 is 5.73 Å². The maximum Gasteiger partial charge on any atom is 0.140 e. The molecule has 1 aromatic heterocycles. The molecule has 5 nitrogen and oxygen atoms in total. The van der Waals surface area contributed by atoms with Gasteiger partial charge in [0.25, 0.3) is 0 Å². The molecule has 3 N–H and O–H groups in total. The van der Waals surface area contributed by atoms with E-state index < -0.39 is 0 Å². The van der Waals surface area contributed by atoms with Crippen molar-refractivity contribution >= 4 is 17.6 Å². The van der Waals surface area contributed by atoms with Gasteiger partial charge in [-0.2, -0.15) is 0 Å². The molecule has 2 aromatic rings. The second-order valence-corrected chi connectivity index (χ2v) is 5.08. The molecule has 0 amide bonds. The predicted molar refractivity (Wildman–Crippen MR) is 75.1 cm³/mol. The van der Waals surface area contributed by atoms with E-state index in [4.69, 9.17) is 10.9 Å². The third-order valence-corrected chi connectivity index (χ3v) is 3.72. The largest absolute Gasteiger partial charge is 0.409 e. The van der Waals surface area contributed by atoms with Crippen LogP contribution in [-0.2, 0) is 0 Å². The number of hydrogen-bond acceptors (Lipinski definition) is 5. The molecule has 0 radical (unpaired) electrons. The van der Waals surface area contributed by atoms with Gasteiger partial charge in [0.15, 0.2) is 0 Å². The highest BCUT2D eigenvalue weighted by atomic mass is 32.2. The molecule has 1 unspecified atom stereocenters. The van der Waals surface area contributed by atoms with Crippen molar-refractivity contribution in [1.82, 2.24) is 9.97 Å². The minimum atomic E-state index is 0.0481. The summed E-state index contributed by atoms with van der Waals surface area (Å²) >= 11 is 1.56. The summed E-state index contributed by atoms with van der Waals surface area (Å²) in [6.45, 7) is 0. The molecule has 0 aliphatic heterocycles. The lowest BCUT2D eigenvalue weighted by molar-refractivity contribution is 0.317. The van der Waals surface area contributed by atoms with E-state index in [1.807, 2.05) is 36.4 Å². The van der Waals surface area contributed by atoms with Gasteiger partial charge in [-0.3, -0.25) is 0 Å². The van der Waals surface area contributed by atoms with Crippen LogP contribution in [0, 0.1) is 0 Å². The van der Waals surface area contributed by atoms with Crippen molar-refractivity contribution in [3.8, 4) is 0 Å². The highest BCUT2D eigenvalue weighted by molar-refractivity contribution is 7.99. The normalized spacial score (nSPS) is 13.2. The van der Waals surface area contributed by atoms with Gasteiger partial charge >= 0.3 is 0 Å². The molecular formula is C13H14N4OS. The first kappa shape index (κ1) is 13.4. The van der Waals surface area contributed by atoms with E-state index >= 15 is 0 Å². The van der Waals surface area contributed by atoms with Gasteiger partial charge in [-0.05, 0) is 11.6 Å². The summed E-state index contributed by atoms with van der Waals surface area (Å²) in [7, 11) is 0. The topological polar surface area (TPSA) is 84.4 Å². The van der Waals surface area contributed by atoms with E-state index in [0.29, 0.717) is 6.42 Å². The fourth-order valence-corrected chi connectivity index (χ4v) is 2.71. The molecule has 0 fully saturated rings. The van der Waals surface area contributed by atoms with E-state index in [9.17, 15) is 0 Å². The first-order valence-corrected chi connectivity index (χ1v) is 6.61. The zero-order valence-electron chi connectivity index (χ0n) is 10.2. The highest BCUT2D eigenvalue weighted by Gasteiger charge is 2.15. The van der Waals surface area contributed by atoms with Crippen LogP contribution in [0.4, 0.5) is 0 Å². The quantitative estimate of drug-likeness (QED) is 0.218. The molecule has 0 aliphatic rings. The average molecular weight is 274 g/mol. The van der Waals surface area contributed by atoms with Gasteiger partial charge in [-0.15, -0.1) is 0 Å². The van der Waals surface area contributed by atoms with Crippen molar-refractivity contribution in [2.24, 2.45) is 10.9 Å². The van der Waals surface area contributed by atoms with Crippen molar-refractivity contribution in [3.63, 3.8) is 0 Å². The molecule has 6 heteroatoms. The number of amidine groups is 1. The van der Waals surface area contributed by atoms with Gasteiger partial charge in [0, 0.05) is 17.9 Å². The molecule has 0 saturated heterocycles. The Morgan fingerprint density at radius 1 is 1.32 bits per heavy atom. The Morgan fingerprint density at radius 3 is 2.74 bits per heavy atom. The van der Waals surface area contributed by atoms with E-state index in [0.717, 1.165) is 10.6 Å². The molecule has 1 atom stereocenters. The summed E-state index contributed by atoms with van der Waals surface area (Å²) in [4.78, 5) is 8.08. The Balaban J connectivity index is 2.20. The van der Waals surface area contributed by atoms with Crippen molar-refractivity contribution in [1.29, 1.82) is 0 Å². The molecule has 98 valence electrons. The number of nitrogens with two attached hydrogens (primary N) is 1. The predicted octanol–water partition coefficient (Wildman–Crippen LogP) is 2.45. The molecule has 0 bridgehead atoms. The van der Waals surface area contributed by atoms with E-state index in [1.54, 1.807) is 18.0 Å². The SMILES string of the molecule is NC(CC(Sc1ccncn1)c1ccccc1)=NO. The van der Waals surface area contributed by atoms with E-state index in [2.05, 4.69) is 15.1 Å². The molecule has 0 saturated carbocycles. The number of nitrogens with zero attached hydrogens (tertiary/aromatic N) is 3. The monoisotopic (exact) mass is 274 g/mol. The van der Waals surface area contributed by atoms with Crippen LogP contribution in [0.2, 0.25) is 0 Å². The minimum absolute atomic E-state index is 0.0481. The lowest BCUT2D eigenvalue weighted by Crippen LogP contribution is -2.14. The second-order valence-electron chi connectivity index (χ2n) is 3.86. The molecule has 0 spiro atoms. The Bertz CT molecular complexity index is 533. The Hall–Kier alpha value is -2.08. The number of oxime groups is 1. The van der Waals surface area contributed by atoms with Gasteiger partial charge in [-0.25, -0.2) is 9.97 Å². The zero-order valence-corrected chi connectivity index (χ0v) is 11.0. The maximum atomic E-state index is 8.72. The lowest BCUT2D eigenvalue weighted by Gasteiger charge is -2.15. The average Bonchev–Trinajstić information content (AvgIpc) is 2.48. The number of hydrogen-bond donors (Lipinski definition) is 2. The van der Waals surface area contributed by atoms with Crippen LogP contribution in [0.5, 0.6) is 0 Å².